The van der Waals surface area contributed by atoms with Crippen molar-refractivity contribution in [1.82, 2.24) is 9.78 Å². The third-order valence-corrected chi connectivity index (χ3v) is 2.51. The second-order valence-electron chi connectivity index (χ2n) is 3.06. The second kappa shape index (κ2) is 4.82. The van der Waals surface area contributed by atoms with Crippen LogP contribution in [-0.2, 0) is 19.3 Å². The Kier molecular flexibility index (Phi) is 3.98. The highest BCUT2D eigenvalue weighted by Crippen LogP contribution is 2.22. The van der Waals surface area contributed by atoms with E-state index in [2.05, 4.69) is 5.10 Å². The fraction of sp³-hybridized carbons (Fsp3) is 0.625. The summed E-state index contributed by atoms with van der Waals surface area (Å²) >= 11 is 6.05. The van der Waals surface area contributed by atoms with Crippen molar-refractivity contribution in [1.29, 1.82) is 0 Å². The molecule has 78 valence electrons. The maximum absolute atomic E-state index is 8.89. The van der Waals surface area contributed by atoms with Crippen LogP contribution < -0.4 is 0 Å². The molecular formula is C8H14BClN2O2. The number of hydrogen-bond acceptors (Lipinski definition) is 3. The first-order valence-corrected chi connectivity index (χ1v) is 5.08. The Hall–Kier alpha value is -0.515. The van der Waals surface area contributed by atoms with E-state index in [0.717, 1.165) is 12.1 Å². The second-order valence-corrected chi connectivity index (χ2v) is 3.44. The van der Waals surface area contributed by atoms with Crippen LogP contribution in [0.5, 0.6) is 0 Å². The molecule has 14 heavy (non-hydrogen) atoms. The van der Waals surface area contributed by atoms with E-state index >= 15 is 0 Å². The first kappa shape index (κ1) is 11.6. The molecule has 0 saturated heterocycles. The smallest absolute Gasteiger partial charge is 0.427 e. The van der Waals surface area contributed by atoms with Gasteiger partial charge >= 0.3 is 7.12 Å². The molecule has 0 amide bonds. The zero-order chi connectivity index (χ0) is 10.7. The maximum Gasteiger partial charge on any atom is 0.457 e. The summed E-state index contributed by atoms with van der Waals surface area (Å²) in [6.07, 6.45) is 0.875. The fourth-order valence-corrected chi connectivity index (χ4v) is 1.73. The molecule has 0 fully saturated rings. The Morgan fingerprint density at radius 3 is 2.50 bits per heavy atom. The van der Waals surface area contributed by atoms with E-state index in [1.54, 1.807) is 4.68 Å². The summed E-state index contributed by atoms with van der Waals surface area (Å²) in [5.74, 6) is 0. The lowest BCUT2D eigenvalue weighted by Crippen LogP contribution is -2.18. The van der Waals surface area contributed by atoms with Gasteiger partial charge in [0.2, 0.25) is 0 Å². The molecule has 1 aromatic heterocycles. The Labute approximate surface area is 88.6 Å². The van der Waals surface area contributed by atoms with Crippen molar-refractivity contribution in [3.8, 4) is 0 Å². The van der Waals surface area contributed by atoms with Gasteiger partial charge in [-0.3, -0.25) is 4.68 Å². The number of rotatable bonds is 4. The Bertz CT molecular complexity index is 315. The first-order chi connectivity index (χ1) is 6.60. The highest BCUT2D eigenvalue weighted by molar-refractivity contribution is 6.41. The van der Waals surface area contributed by atoms with Crippen LogP contribution in [0.2, 0.25) is 5.02 Å². The maximum atomic E-state index is 8.89. The molecule has 0 atom stereocenters. The molecule has 0 saturated carbocycles. The van der Waals surface area contributed by atoms with Crippen molar-refractivity contribution in [2.75, 3.05) is 0 Å². The summed E-state index contributed by atoms with van der Waals surface area (Å²) in [6.45, 7) is 4.59. The van der Waals surface area contributed by atoms with Gasteiger partial charge in [-0.2, -0.15) is 5.10 Å². The SMILES string of the molecule is CCc1nn(CC)c(CB(O)O)c1Cl. The number of nitrogens with zero attached hydrogens (tertiary/aromatic N) is 2. The lowest BCUT2D eigenvalue weighted by molar-refractivity contribution is 0.402. The third-order valence-electron chi connectivity index (χ3n) is 2.07. The van der Waals surface area contributed by atoms with Crippen molar-refractivity contribution in [2.24, 2.45) is 0 Å². The predicted molar refractivity (Wildman–Crippen MR) is 56.2 cm³/mol. The van der Waals surface area contributed by atoms with Gasteiger partial charge in [-0.1, -0.05) is 18.5 Å². The average molecular weight is 216 g/mol. The quantitative estimate of drug-likeness (QED) is 0.728. The highest BCUT2D eigenvalue weighted by atomic mass is 35.5. The van der Waals surface area contributed by atoms with E-state index in [1.807, 2.05) is 13.8 Å². The molecule has 0 aliphatic rings. The number of hydrogen-bond donors (Lipinski definition) is 2. The fourth-order valence-electron chi connectivity index (χ4n) is 1.39. The molecule has 0 aromatic carbocycles. The minimum atomic E-state index is -1.38. The van der Waals surface area contributed by atoms with E-state index in [-0.39, 0.29) is 6.32 Å². The van der Waals surface area contributed by atoms with Crippen molar-refractivity contribution in [2.45, 2.75) is 33.1 Å². The number of halogens is 1. The van der Waals surface area contributed by atoms with Gasteiger partial charge in [0.05, 0.1) is 16.4 Å². The van der Waals surface area contributed by atoms with Gasteiger partial charge < -0.3 is 10.0 Å². The molecule has 0 aliphatic heterocycles. The minimum Gasteiger partial charge on any atom is -0.427 e. The van der Waals surface area contributed by atoms with Crippen LogP contribution in [0.1, 0.15) is 25.2 Å². The molecule has 1 rings (SSSR count). The molecule has 0 aliphatic carbocycles. The van der Waals surface area contributed by atoms with E-state index < -0.39 is 7.12 Å². The van der Waals surface area contributed by atoms with Gasteiger partial charge in [0, 0.05) is 12.9 Å². The summed E-state index contributed by atoms with van der Waals surface area (Å²) in [4.78, 5) is 0. The van der Waals surface area contributed by atoms with E-state index in [0.29, 0.717) is 17.3 Å². The van der Waals surface area contributed by atoms with Gasteiger partial charge in [-0.05, 0) is 13.3 Å². The standard InChI is InChI=1S/C8H14BClN2O2/c1-3-6-8(10)7(5-9(13)14)12(4-2)11-6/h13-14H,3-5H2,1-2H3. The molecule has 1 aromatic rings. The largest absolute Gasteiger partial charge is 0.457 e. The van der Waals surface area contributed by atoms with E-state index in [4.69, 9.17) is 21.6 Å². The normalized spacial score (nSPS) is 10.6. The van der Waals surface area contributed by atoms with E-state index in [1.165, 1.54) is 0 Å². The van der Waals surface area contributed by atoms with Crippen LogP contribution in [0.3, 0.4) is 0 Å². The molecule has 0 radical (unpaired) electrons. The van der Waals surface area contributed by atoms with Crippen molar-refractivity contribution >= 4 is 18.7 Å². The number of aryl methyl sites for hydroxylation is 2. The molecule has 6 heteroatoms. The first-order valence-electron chi connectivity index (χ1n) is 4.70. The highest BCUT2D eigenvalue weighted by Gasteiger charge is 2.19. The predicted octanol–water partition coefficient (Wildman–Crippen LogP) is 0.673. The lowest BCUT2D eigenvalue weighted by atomic mass is 9.84. The zero-order valence-corrected chi connectivity index (χ0v) is 9.12. The average Bonchev–Trinajstić information content (AvgIpc) is 2.43. The molecular weight excluding hydrogens is 202 g/mol. The molecule has 2 N–H and O–H groups in total. The summed E-state index contributed by atoms with van der Waals surface area (Å²) in [5, 5.41) is 22.6. The summed E-state index contributed by atoms with van der Waals surface area (Å²) in [7, 11) is -1.38. The summed E-state index contributed by atoms with van der Waals surface area (Å²) < 4.78 is 1.71. The molecule has 4 nitrogen and oxygen atoms in total. The molecule has 1 heterocycles. The van der Waals surface area contributed by atoms with Gasteiger partial charge in [-0.15, -0.1) is 0 Å². The van der Waals surface area contributed by atoms with Crippen LogP contribution in [0.4, 0.5) is 0 Å². The van der Waals surface area contributed by atoms with Gasteiger partial charge in [-0.25, -0.2) is 0 Å². The monoisotopic (exact) mass is 216 g/mol. The Balaban J connectivity index is 3.04. The topological polar surface area (TPSA) is 58.3 Å². The van der Waals surface area contributed by atoms with E-state index in [9.17, 15) is 0 Å². The van der Waals surface area contributed by atoms with Gasteiger partial charge in [0.15, 0.2) is 0 Å². The van der Waals surface area contributed by atoms with Crippen molar-refractivity contribution in [3.63, 3.8) is 0 Å². The van der Waals surface area contributed by atoms with Crippen LogP contribution in [0.25, 0.3) is 0 Å². The number of aromatic nitrogens is 2. The van der Waals surface area contributed by atoms with Crippen LogP contribution in [-0.4, -0.2) is 26.9 Å². The summed E-state index contributed by atoms with van der Waals surface area (Å²) in [6, 6.07) is 0. The minimum absolute atomic E-state index is 0.125. The Morgan fingerprint density at radius 1 is 1.43 bits per heavy atom. The van der Waals surface area contributed by atoms with Gasteiger partial charge in [0.1, 0.15) is 0 Å². The van der Waals surface area contributed by atoms with Gasteiger partial charge in [0.25, 0.3) is 0 Å². The lowest BCUT2D eigenvalue weighted by Gasteiger charge is -2.03. The van der Waals surface area contributed by atoms with Crippen LogP contribution in [0.15, 0.2) is 0 Å². The molecule has 0 bridgehead atoms. The van der Waals surface area contributed by atoms with Crippen molar-refractivity contribution in [3.05, 3.63) is 16.4 Å². The van der Waals surface area contributed by atoms with Crippen LogP contribution in [0, 0.1) is 0 Å². The third kappa shape index (κ3) is 2.29. The zero-order valence-electron chi connectivity index (χ0n) is 8.37. The Morgan fingerprint density at radius 2 is 2.07 bits per heavy atom. The molecule has 0 spiro atoms. The van der Waals surface area contributed by atoms with Crippen LogP contribution >= 0.6 is 11.6 Å². The molecule has 0 unspecified atom stereocenters. The summed E-state index contributed by atoms with van der Waals surface area (Å²) in [5.41, 5.74) is 1.50. The van der Waals surface area contributed by atoms with Crippen molar-refractivity contribution < 1.29 is 10.0 Å².